The van der Waals surface area contributed by atoms with Crippen molar-refractivity contribution in [1.29, 1.82) is 0 Å². The van der Waals surface area contributed by atoms with Crippen molar-refractivity contribution in [3.8, 4) is 11.1 Å². The minimum absolute atomic E-state index is 0.0275. The van der Waals surface area contributed by atoms with Crippen molar-refractivity contribution in [2.45, 2.75) is 18.7 Å². The lowest BCUT2D eigenvalue weighted by molar-refractivity contribution is -0.137. The summed E-state index contributed by atoms with van der Waals surface area (Å²) in [6, 6.07) is 7.40. The molecule has 16 heteroatoms. The van der Waals surface area contributed by atoms with Crippen LogP contribution in [-0.2, 0) is 6.18 Å². The summed E-state index contributed by atoms with van der Waals surface area (Å²) < 4.78 is 77.7. The van der Waals surface area contributed by atoms with Crippen LogP contribution < -0.4 is 21.7 Å². The first-order valence-corrected chi connectivity index (χ1v) is 10.6. The molecule has 0 saturated carbocycles. The van der Waals surface area contributed by atoms with E-state index in [4.69, 9.17) is 5.73 Å². The van der Waals surface area contributed by atoms with Crippen LogP contribution in [0.1, 0.15) is 15.9 Å². The van der Waals surface area contributed by atoms with E-state index in [0.29, 0.717) is 11.3 Å². The number of nitrogens with zero attached hydrogens (tertiary/aromatic N) is 4. The number of carbonyl (C=O) groups excluding carboxylic acids is 1. The zero-order chi connectivity index (χ0) is 27.7. The number of pyridine rings is 1. The number of fused-ring (bicyclic) bond motifs is 1. The maximum Gasteiger partial charge on any atom is 0.416 e. The van der Waals surface area contributed by atoms with Gasteiger partial charge in [-0.1, -0.05) is 12.1 Å². The number of hydrogen-bond acceptors (Lipinski definition) is 8. The lowest BCUT2D eigenvalue weighted by Gasteiger charge is -2.17. The molecule has 4 rings (SSSR count). The molecule has 0 bridgehead atoms. The Hall–Kier alpha value is -4.60. The van der Waals surface area contributed by atoms with Crippen molar-refractivity contribution < 1.29 is 36.2 Å². The average Bonchev–Trinajstić information content (AvgIpc) is 3.23. The number of aliphatic hydroxyl groups is 1. The summed E-state index contributed by atoms with van der Waals surface area (Å²) in [6.07, 6.45) is -7.49. The van der Waals surface area contributed by atoms with E-state index >= 15 is 0 Å². The molecule has 1 atom stereocenters. The van der Waals surface area contributed by atoms with E-state index < -0.39 is 36.7 Å². The van der Waals surface area contributed by atoms with Crippen molar-refractivity contribution in [1.82, 2.24) is 24.9 Å². The predicted octanol–water partition coefficient (Wildman–Crippen LogP) is 3.48. The van der Waals surface area contributed by atoms with Gasteiger partial charge in [-0.2, -0.15) is 31.4 Å². The van der Waals surface area contributed by atoms with E-state index in [2.05, 4.69) is 25.7 Å². The number of amides is 1. The summed E-state index contributed by atoms with van der Waals surface area (Å²) in [4.78, 5) is 20.2. The molecule has 0 spiro atoms. The number of nitrogens with one attached hydrogen (secondary N) is 3. The fourth-order valence-corrected chi connectivity index (χ4v) is 3.53. The van der Waals surface area contributed by atoms with Gasteiger partial charge in [0, 0.05) is 23.6 Å². The van der Waals surface area contributed by atoms with Gasteiger partial charge in [0.1, 0.15) is 24.2 Å². The lowest BCUT2D eigenvalue weighted by atomic mass is 10.0. The number of nitrogen functional groups attached to an aromatic ring is 1. The van der Waals surface area contributed by atoms with Crippen molar-refractivity contribution >= 4 is 28.7 Å². The summed E-state index contributed by atoms with van der Waals surface area (Å²) in [5.74, 6) is -1.28. The van der Waals surface area contributed by atoms with Crippen LogP contribution in [0.2, 0.25) is 0 Å². The number of hydrogen-bond donors (Lipinski definition) is 5. The molecule has 10 nitrogen and oxygen atoms in total. The molecule has 0 saturated heterocycles. The van der Waals surface area contributed by atoms with Crippen LogP contribution >= 0.6 is 0 Å². The first-order valence-electron chi connectivity index (χ1n) is 10.6. The maximum absolute atomic E-state index is 12.9. The Labute approximate surface area is 209 Å². The van der Waals surface area contributed by atoms with Gasteiger partial charge in [-0.3, -0.25) is 4.79 Å². The fourth-order valence-electron chi connectivity index (χ4n) is 3.53. The molecule has 6 N–H and O–H groups in total. The van der Waals surface area contributed by atoms with Crippen LogP contribution in [0, 0.1) is 0 Å². The highest BCUT2D eigenvalue weighted by Gasteiger charge is 2.31. The first kappa shape index (κ1) is 26.5. The molecule has 38 heavy (non-hydrogen) atoms. The Morgan fingerprint density at radius 3 is 2.42 bits per heavy atom. The number of rotatable bonds is 7. The summed E-state index contributed by atoms with van der Waals surface area (Å²) >= 11 is 0. The molecule has 1 aromatic carbocycles. The largest absolute Gasteiger partial charge is 0.416 e. The monoisotopic (exact) mass is 540 g/mol. The molecular weight excluding hydrogens is 522 g/mol. The number of anilines is 3. The van der Waals surface area contributed by atoms with Crippen LogP contribution in [0.25, 0.3) is 16.6 Å². The van der Waals surface area contributed by atoms with Gasteiger partial charge in [0.25, 0.3) is 5.91 Å². The number of benzene rings is 1. The molecule has 200 valence electrons. The number of aliphatic hydroxyl groups excluding tert-OH is 1. The molecule has 1 unspecified atom stereocenters. The highest BCUT2D eigenvalue weighted by atomic mass is 19.4. The zero-order valence-corrected chi connectivity index (χ0v) is 19.0. The van der Waals surface area contributed by atoms with Crippen molar-refractivity contribution in [2.24, 2.45) is 0 Å². The molecule has 3 aromatic heterocycles. The van der Waals surface area contributed by atoms with E-state index in [9.17, 15) is 36.2 Å². The second-order valence-electron chi connectivity index (χ2n) is 7.85. The summed E-state index contributed by atoms with van der Waals surface area (Å²) in [6.45, 7) is -1.55. The molecule has 4 aromatic rings. The molecule has 3 heterocycles. The van der Waals surface area contributed by atoms with Gasteiger partial charge in [0.2, 0.25) is 6.35 Å². The van der Waals surface area contributed by atoms with E-state index in [-0.39, 0.29) is 28.3 Å². The van der Waals surface area contributed by atoms with E-state index in [1.807, 2.05) is 5.32 Å². The standard InChI is InChI=1S/C22H18F6N8O2/c23-21(24,25)9-31-19(37)14-8-36-17(18(29)32-10-33-36)16(14)11-1-3-13(4-2-11)34-20(38)35-15-7-12(5-6-30-15)22(26,27)28/h1-8,10,20,34,38H,9H2,(H,30,35)(H,31,37)(H2,29,32,33). The van der Waals surface area contributed by atoms with Crippen LogP contribution in [0.15, 0.2) is 55.1 Å². The molecule has 0 fully saturated rings. The van der Waals surface area contributed by atoms with Gasteiger partial charge in [-0.05, 0) is 29.8 Å². The van der Waals surface area contributed by atoms with Crippen LogP contribution in [0.5, 0.6) is 0 Å². The highest BCUT2D eigenvalue weighted by Crippen LogP contribution is 2.33. The summed E-state index contributed by atoms with van der Waals surface area (Å²) in [5.41, 5.74) is 5.86. The Bertz CT molecular complexity index is 1450. The molecular formula is C22H18F6N8O2. The van der Waals surface area contributed by atoms with Gasteiger partial charge in [-0.15, -0.1) is 0 Å². The third-order valence-electron chi connectivity index (χ3n) is 5.14. The minimum atomic E-state index is -4.63. The maximum atomic E-state index is 12.9. The van der Waals surface area contributed by atoms with Gasteiger partial charge in [0.15, 0.2) is 5.82 Å². The Kier molecular flexibility index (Phi) is 6.99. The zero-order valence-electron chi connectivity index (χ0n) is 19.0. The van der Waals surface area contributed by atoms with Gasteiger partial charge < -0.3 is 26.8 Å². The van der Waals surface area contributed by atoms with Crippen molar-refractivity contribution in [3.05, 3.63) is 66.2 Å². The Morgan fingerprint density at radius 1 is 1.05 bits per heavy atom. The summed E-state index contributed by atoms with van der Waals surface area (Å²) in [7, 11) is 0. The van der Waals surface area contributed by atoms with Crippen LogP contribution in [0.3, 0.4) is 0 Å². The third kappa shape index (κ3) is 6.03. The van der Waals surface area contributed by atoms with E-state index in [1.54, 1.807) is 0 Å². The lowest BCUT2D eigenvalue weighted by Crippen LogP contribution is -2.33. The number of alkyl halides is 6. The van der Waals surface area contributed by atoms with E-state index in [0.717, 1.165) is 24.7 Å². The minimum Gasteiger partial charge on any atom is -0.382 e. The number of nitrogens with two attached hydrogens (primary N) is 1. The van der Waals surface area contributed by atoms with Gasteiger partial charge in [-0.25, -0.2) is 14.5 Å². The SMILES string of the molecule is Nc1ncnn2cc(C(=O)NCC(F)(F)F)c(-c3ccc(NC(O)Nc4cc(C(F)(F)F)ccn4)cc3)c12. The Morgan fingerprint density at radius 2 is 1.76 bits per heavy atom. The first-order chi connectivity index (χ1) is 17.8. The quantitative estimate of drug-likeness (QED) is 0.177. The normalized spacial score (nSPS) is 12.8. The second-order valence-corrected chi connectivity index (χ2v) is 7.85. The molecule has 0 aliphatic heterocycles. The predicted molar refractivity (Wildman–Crippen MR) is 124 cm³/mol. The van der Waals surface area contributed by atoms with Crippen molar-refractivity contribution in [3.63, 3.8) is 0 Å². The van der Waals surface area contributed by atoms with E-state index in [1.165, 1.54) is 35.0 Å². The molecule has 0 aliphatic carbocycles. The average molecular weight is 540 g/mol. The summed E-state index contributed by atoms with van der Waals surface area (Å²) in [5, 5.41) is 20.9. The van der Waals surface area contributed by atoms with Crippen molar-refractivity contribution in [2.75, 3.05) is 22.9 Å². The molecule has 1 amide bonds. The number of carbonyl (C=O) groups is 1. The molecule has 0 aliphatic rings. The molecule has 0 radical (unpaired) electrons. The fraction of sp³-hybridized carbons (Fsp3) is 0.182. The number of halogens is 6. The highest BCUT2D eigenvalue weighted by molar-refractivity contribution is 6.07. The third-order valence-corrected chi connectivity index (χ3v) is 5.14. The second kappa shape index (κ2) is 10.0. The topological polar surface area (TPSA) is 142 Å². The smallest absolute Gasteiger partial charge is 0.382 e. The van der Waals surface area contributed by atoms with Gasteiger partial charge >= 0.3 is 12.4 Å². The van der Waals surface area contributed by atoms with Gasteiger partial charge in [0.05, 0.1) is 11.1 Å². The number of aromatic nitrogens is 4. The van der Waals surface area contributed by atoms with Crippen LogP contribution in [-0.4, -0.2) is 49.7 Å². The Balaban J connectivity index is 1.57. The van der Waals surface area contributed by atoms with Crippen LogP contribution in [0.4, 0.5) is 43.7 Å².